The van der Waals surface area contributed by atoms with Gasteiger partial charge in [-0.15, -0.1) is 0 Å². The van der Waals surface area contributed by atoms with E-state index < -0.39 is 0 Å². The van der Waals surface area contributed by atoms with Crippen molar-refractivity contribution in [1.29, 1.82) is 0 Å². The molecule has 0 fully saturated rings. The van der Waals surface area contributed by atoms with Crippen molar-refractivity contribution in [3.63, 3.8) is 0 Å². The van der Waals surface area contributed by atoms with Crippen LogP contribution < -0.4 is 14.8 Å². The number of hydrogen-bond donors (Lipinski definition) is 1. The Hall–Kier alpha value is -3.27. The van der Waals surface area contributed by atoms with Gasteiger partial charge >= 0.3 is 0 Å². The molecule has 0 saturated heterocycles. The standard InChI is InChI=1S/C22H19NO3/c24-22(19-11-5-4-10-18(19)16-7-2-1-3-8-16)23-15-17-9-6-12-20-21(17)26-14-13-25-20/h1-12H,13-15H2,(H,23,24). The van der Waals surface area contributed by atoms with E-state index in [0.717, 1.165) is 28.2 Å². The molecule has 0 bridgehead atoms. The van der Waals surface area contributed by atoms with Gasteiger partial charge in [0.2, 0.25) is 0 Å². The molecule has 0 aromatic heterocycles. The molecule has 3 aromatic carbocycles. The van der Waals surface area contributed by atoms with Crippen LogP contribution in [0, 0.1) is 0 Å². The van der Waals surface area contributed by atoms with E-state index in [1.165, 1.54) is 0 Å². The largest absolute Gasteiger partial charge is 0.486 e. The summed E-state index contributed by atoms with van der Waals surface area (Å²) in [5, 5.41) is 3.00. The van der Waals surface area contributed by atoms with Crippen molar-refractivity contribution in [1.82, 2.24) is 5.32 Å². The second-order valence-corrected chi connectivity index (χ2v) is 6.04. The molecule has 0 radical (unpaired) electrons. The van der Waals surface area contributed by atoms with Gasteiger partial charge < -0.3 is 14.8 Å². The van der Waals surface area contributed by atoms with E-state index >= 15 is 0 Å². The van der Waals surface area contributed by atoms with Crippen LogP contribution in [0.4, 0.5) is 0 Å². The molecule has 0 saturated carbocycles. The summed E-state index contributed by atoms with van der Waals surface area (Å²) in [7, 11) is 0. The molecule has 26 heavy (non-hydrogen) atoms. The summed E-state index contributed by atoms with van der Waals surface area (Å²) in [6, 6.07) is 23.3. The maximum absolute atomic E-state index is 12.8. The lowest BCUT2D eigenvalue weighted by Gasteiger charge is -2.21. The molecular formula is C22H19NO3. The normalized spacial score (nSPS) is 12.5. The number of nitrogens with one attached hydrogen (secondary N) is 1. The van der Waals surface area contributed by atoms with Gasteiger partial charge in [0.1, 0.15) is 13.2 Å². The average molecular weight is 345 g/mol. The lowest BCUT2D eigenvalue weighted by Crippen LogP contribution is -2.24. The predicted molar refractivity (Wildman–Crippen MR) is 100 cm³/mol. The first-order chi connectivity index (χ1) is 12.8. The van der Waals surface area contributed by atoms with Crippen molar-refractivity contribution in [3.05, 3.63) is 83.9 Å². The van der Waals surface area contributed by atoms with Crippen molar-refractivity contribution in [2.24, 2.45) is 0 Å². The molecule has 3 aromatic rings. The number of carbonyl (C=O) groups is 1. The Morgan fingerprint density at radius 3 is 2.50 bits per heavy atom. The van der Waals surface area contributed by atoms with Gasteiger partial charge in [-0.3, -0.25) is 4.79 Å². The Kier molecular flexibility index (Phi) is 4.56. The number of fused-ring (bicyclic) bond motifs is 1. The van der Waals surface area contributed by atoms with Gasteiger partial charge in [-0.05, 0) is 23.3 Å². The maximum Gasteiger partial charge on any atom is 0.252 e. The van der Waals surface area contributed by atoms with Gasteiger partial charge in [-0.2, -0.15) is 0 Å². The van der Waals surface area contributed by atoms with E-state index in [4.69, 9.17) is 9.47 Å². The van der Waals surface area contributed by atoms with Crippen molar-refractivity contribution in [2.45, 2.75) is 6.54 Å². The van der Waals surface area contributed by atoms with Crippen LogP contribution in [-0.4, -0.2) is 19.1 Å². The maximum atomic E-state index is 12.8. The van der Waals surface area contributed by atoms with E-state index in [1.807, 2.05) is 72.8 Å². The third-order valence-electron chi connectivity index (χ3n) is 4.34. The number of carbonyl (C=O) groups excluding carboxylic acids is 1. The van der Waals surface area contributed by atoms with Gasteiger partial charge in [0.25, 0.3) is 5.91 Å². The fraction of sp³-hybridized carbons (Fsp3) is 0.136. The average Bonchev–Trinajstić information content (AvgIpc) is 2.72. The number of para-hydroxylation sites is 1. The quantitative estimate of drug-likeness (QED) is 0.776. The monoisotopic (exact) mass is 345 g/mol. The molecule has 4 nitrogen and oxygen atoms in total. The summed E-state index contributed by atoms with van der Waals surface area (Å²) in [5.74, 6) is 1.34. The predicted octanol–water partition coefficient (Wildman–Crippen LogP) is 4.05. The minimum atomic E-state index is -0.112. The van der Waals surface area contributed by atoms with Gasteiger partial charge in [0, 0.05) is 17.7 Å². The molecule has 1 heterocycles. The summed E-state index contributed by atoms with van der Waals surface area (Å²) in [6.07, 6.45) is 0. The number of ether oxygens (including phenoxy) is 2. The topological polar surface area (TPSA) is 47.6 Å². The van der Waals surface area contributed by atoms with Crippen LogP contribution in [0.2, 0.25) is 0 Å². The summed E-state index contributed by atoms with van der Waals surface area (Å²) in [4.78, 5) is 12.8. The lowest BCUT2D eigenvalue weighted by atomic mass is 9.99. The van der Waals surface area contributed by atoms with Crippen LogP contribution in [0.5, 0.6) is 11.5 Å². The third-order valence-corrected chi connectivity index (χ3v) is 4.34. The third kappa shape index (κ3) is 3.26. The molecule has 1 aliphatic heterocycles. The summed E-state index contributed by atoms with van der Waals surface area (Å²) in [6.45, 7) is 1.45. The van der Waals surface area contributed by atoms with Crippen LogP contribution in [0.15, 0.2) is 72.8 Å². The van der Waals surface area contributed by atoms with Gasteiger partial charge in [-0.1, -0.05) is 60.7 Å². The highest BCUT2D eigenvalue weighted by atomic mass is 16.6. The number of benzene rings is 3. The molecule has 1 amide bonds. The first-order valence-corrected chi connectivity index (χ1v) is 8.63. The van der Waals surface area contributed by atoms with Gasteiger partial charge in [0.05, 0.1) is 0 Å². The second kappa shape index (κ2) is 7.31. The van der Waals surface area contributed by atoms with Crippen molar-refractivity contribution in [3.8, 4) is 22.6 Å². The molecule has 0 spiro atoms. The van der Waals surface area contributed by atoms with Gasteiger partial charge in [-0.25, -0.2) is 0 Å². The van der Waals surface area contributed by atoms with E-state index in [9.17, 15) is 4.79 Å². The molecule has 1 aliphatic rings. The van der Waals surface area contributed by atoms with Crippen LogP contribution in [-0.2, 0) is 6.54 Å². The van der Waals surface area contributed by atoms with Gasteiger partial charge in [0.15, 0.2) is 11.5 Å². The van der Waals surface area contributed by atoms with Crippen molar-refractivity contribution < 1.29 is 14.3 Å². The molecule has 0 unspecified atom stereocenters. The minimum Gasteiger partial charge on any atom is -0.486 e. The zero-order valence-electron chi connectivity index (χ0n) is 14.3. The molecular weight excluding hydrogens is 326 g/mol. The van der Waals surface area contributed by atoms with Crippen LogP contribution in [0.3, 0.4) is 0 Å². The number of amides is 1. The number of hydrogen-bond acceptors (Lipinski definition) is 3. The zero-order valence-corrected chi connectivity index (χ0v) is 14.3. The second-order valence-electron chi connectivity index (χ2n) is 6.04. The highest BCUT2D eigenvalue weighted by Crippen LogP contribution is 2.33. The molecule has 4 rings (SSSR count). The molecule has 0 aliphatic carbocycles. The highest BCUT2D eigenvalue weighted by Gasteiger charge is 2.17. The minimum absolute atomic E-state index is 0.112. The number of rotatable bonds is 4. The van der Waals surface area contributed by atoms with E-state index in [2.05, 4.69) is 5.32 Å². The fourth-order valence-electron chi connectivity index (χ4n) is 3.09. The molecule has 4 heteroatoms. The molecule has 1 N–H and O–H groups in total. The van der Waals surface area contributed by atoms with Crippen LogP contribution in [0.1, 0.15) is 15.9 Å². The zero-order chi connectivity index (χ0) is 17.8. The Balaban J connectivity index is 1.55. The highest BCUT2D eigenvalue weighted by molar-refractivity contribution is 6.00. The SMILES string of the molecule is O=C(NCc1cccc2c1OCCO2)c1ccccc1-c1ccccc1. The smallest absolute Gasteiger partial charge is 0.252 e. The molecule has 0 atom stereocenters. The van der Waals surface area contributed by atoms with Crippen LogP contribution in [0.25, 0.3) is 11.1 Å². The summed E-state index contributed by atoms with van der Waals surface area (Å²) < 4.78 is 11.3. The first-order valence-electron chi connectivity index (χ1n) is 8.63. The van der Waals surface area contributed by atoms with E-state index in [-0.39, 0.29) is 5.91 Å². The molecule has 130 valence electrons. The Morgan fingerprint density at radius 2 is 1.62 bits per heavy atom. The van der Waals surface area contributed by atoms with Crippen molar-refractivity contribution >= 4 is 5.91 Å². The summed E-state index contributed by atoms with van der Waals surface area (Å²) >= 11 is 0. The first kappa shape index (κ1) is 16.2. The van der Waals surface area contributed by atoms with Crippen LogP contribution >= 0.6 is 0 Å². The Bertz CT molecular complexity index is 922. The lowest BCUT2D eigenvalue weighted by molar-refractivity contribution is 0.0950. The Morgan fingerprint density at radius 1 is 0.846 bits per heavy atom. The van der Waals surface area contributed by atoms with E-state index in [1.54, 1.807) is 0 Å². The fourth-order valence-corrected chi connectivity index (χ4v) is 3.09. The Labute approximate surface area is 152 Å². The van der Waals surface area contributed by atoms with E-state index in [0.29, 0.717) is 25.3 Å². The summed E-state index contributed by atoms with van der Waals surface area (Å²) in [5.41, 5.74) is 3.50. The van der Waals surface area contributed by atoms with Crippen molar-refractivity contribution in [2.75, 3.05) is 13.2 Å².